The van der Waals surface area contributed by atoms with E-state index >= 15 is 0 Å². The maximum absolute atomic E-state index is 12.5. The van der Waals surface area contributed by atoms with E-state index in [2.05, 4.69) is 47.1 Å². The highest BCUT2D eigenvalue weighted by Crippen LogP contribution is 2.23. The molecule has 2 aromatic rings. The van der Waals surface area contributed by atoms with Crippen molar-refractivity contribution in [2.75, 3.05) is 31.5 Å². The van der Waals surface area contributed by atoms with Gasteiger partial charge in [-0.2, -0.15) is 0 Å². The molecule has 1 amide bonds. The lowest BCUT2D eigenvalue weighted by Crippen LogP contribution is -3.11. The Bertz CT molecular complexity index is 707. The number of thiophene rings is 1. The van der Waals surface area contributed by atoms with Crippen LogP contribution >= 0.6 is 11.3 Å². The summed E-state index contributed by atoms with van der Waals surface area (Å²) in [6.45, 7) is 5.34. The Labute approximate surface area is 159 Å². The Kier molecular flexibility index (Phi) is 5.68. The van der Waals surface area contributed by atoms with E-state index in [9.17, 15) is 4.79 Å². The van der Waals surface area contributed by atoms with Crippen LogP contribution in [0, 0.1) is 0 Å². The average Bonchev–Trinajstić information content (AvgIpc) is 3.38. The minimum Gasteiger partial charge on any atom is -0.331 e. The normalized spacial score (nSPS) is 23.4. The minimum absolute atomic E-state index is 0.126. The highest BCUT2D eigenvalue weighted by molar-refractivity contribution is 7.10. The maximum atomic E-state index is 12.5. The molecule has 4 rings (SSSR count). The molecular weight excluding hydrogens is 342 g/mol. The van der Waals surface area contributed by atoms with E-state index in [-0.39, 0.29) is 5.91 Å². The average molecular weight is 372 g/mol. The van der Waals surface area contributed by atoms with Crippen LogP contribution in [0.3, 0.4) is 0 Å². The van der Waals surface area contributed by atoms with Crippen molar-refractivity contribution in [3.8, 4) is 0 Å². The molecule has 2 aliphatic heterocycles. The molecule has 1 aromatic carbocycles. The molecule has 2 fully saturated rings. The van der Waals surface area contributed by atoms with Crippen LogP contribution in [0.25, 0.3) is 0 Å². The number of carbonyl (C=O) groups is 1. The molecule has 1 unspecified atom stereocenters. The summed E-state index contributed by atoms with van der Waals surface area (Å²) in [6, 6.07) is 13.3. The van der Waals surface area contributed by atoms with Gasteiger partial charge in [-0.05, 0) is 23.6 Å². The van der Waals surface area contributed by atoms with Crippen molar-refractivity contribution in [1.82, 2.24) is 0 Å². The molecule has 2 saturated heterocycles. The second-order valence-electron chi connectivity index (χ2n) is 7.67. The number of nitrogens with one attached hydrogen (secondary N) is 3. The summed E-state index contributed by atoms with van der Waals surface area (Å²) in [5, 5.41) is 5.23. The molecule has 26 heavy (non-hydrogen) atoms. The van der Waals surface area contributed by atoms with E-state index in [0.717, 1.165) is 18.8 Å². The number of amides is 1. The minimum atomic E-state index is 0.126. The zero-order valence-electron chi connectivity index (χ0n) is 15.3. The van der Waals surface area contributed by atoms with E-state index in [1.165, 1.54) is 54.1 Å². The number of likely N-dealkylation sites (tertiary alicyclic amines) is 2. The van der Waals surface area contributed by atoms with Crippen molar-refractivity contribution < 1.29 is 14.6 Å². The Hall–Kier alpha value is -1.69. The number of anilines is 1. The van der Waals surface area contributed by atoms with Crippen LogP contribution in [0.15, 0.2) is 41.8 Å². The van der Waals surface area contributed by atoms with Gasteiger partial charge in [0.05, 0.1) is 24.5 Å². The largest absolute Gasteiger partial charge is 0.331 e. The first-order chi connectivity index (χ1) is 12.8. The molecular formula is C21H29N3OS+2. The van der Waals surface area contributed by atoms with Crippen LogP contribution in [0.4, 0.5) is 5.69 Å². The first-order valence-corrected chi connectivity index (χ1v) is 10.8. The quantitative estimate of drug-likeness (QED) is 0.703. The first kappa shape index (κ1) is 17.7. The molecule has 1 aromatic heterocycles. The Morgan fingerprint density at radius 3 is 2.62 bits per heavy atom. The second kappa shape index (κ2) is 8.33. The Balaban J connectivity index is 1.30. The molecule has 2 aliphatic rings. The molecule has 5 heteroatoms. The molecule has 3 N–H and O–H groups in total. The summed E-state index contributed by atoms with van der Waals surface area (Å²) in [5.41, 5.74) is 2.28. The smallest absolute Gasteiger partial charge is 0.279 e. The van der Waals surface area contributed by atoms with Crippen LogP contribution in [-0.4, -0.2) is 32.1 Å². The van der Waals surface area contributed by atoms with Gasteiger partial charge in [-0.25, -0.2) is 0 Å². The van der Waals surface area contributed by atoms with Crippen molar-refractivity contribution >= 4 is 22.9 Å². The van der Waals surface area contributed by atoms with Gasteiger partial charge in [-0.15, -0.1) is 11.3 Å². The number of rotatable bonds is 6. The molecule has 0 radical (unpaired) electrons. The molecule has 0 aliphatic carbocycles. The SMILES string of the molecule is O=C(C[NH+]1CCC[C@@H]1c1cccs1)Nc1ccc(C[NH+]2CCCC2)cc1. The van der Waals surface area contributed by atoms with Gasteiger partial charge in [0.25, 0.3) is 5.91 Å². The van der Waals surface area contributed by atoms with E-state index < -0.39 is 0 Å². The van der Waals surface area contributed by atoms with E-state index in [4.69, 9.17) is 0 Å². The summed E-state index contributed by atoms with van der Waals surface area (Å²) in [5.74, 6) is 0.126. The molecule has 4 nitrogen and oxygen atoms in total. The van der Waals surface area contributed by atoms with Gasteiger partial charge in [0.2, 0.25) is 0 Å². The van der Waals surface area contributed by atoms with E-state index in [1.54, 1.807) is 4.90 Å². The highest BCUT2D eigenvalue weighted by Gasteiger charge is 2.32. The maximum Gasteiger partial charge on any atom is 0.279 e. The third kappa shape index (κ3) is 4.34. The zero-order chi connectivity index (χ0) is 17.8. The fourth-order valence-corrected chi connectivity index (χ4v) is 5.33. The number of hydrogen-bond acceptors (Lipinski definition) is 2. The molecule has 3 heterocycles. The first-order valence-electron chi connectivity index (χ1n) is 9.88. The summed E-state index contributed by atoms with van der Waals surface area (Å²) in [7, 11) is 0. The summed E-state index contributed by atoms with van der Waals surface area (Å²) >= 11 is 1.81. The summed E-state index contributed by atoms with van der Waals surface area (Å²) in [6.07, 6.45) is 5.11. The lowest BCUT2D eigenvalue weighted by Gasteiger charge is -2.20. The van der Waals surface area contributed by atoms with Crippen LogP contribution in [-0.2, 0) is 11.3 Å². The third-order valence-corrected chi connectivity index (χ3v) is 6.75. The van der Waals surface area contributed by atoms with Crippen molar-refractivity contribution in [3.63, 3.8) is 0 Å². The van der Waals surface area contributed by atoms with Crippen LogP contribution in [0.5, 0.6) is 0 Å². The van der Waals surface area contributed by atoms with Crippen molar-refractivity contribution in [1.29, 1.82) is 0 Å². The van der Waals surface area contributed by atoms with Gasteiger partial charge in [0.15, 0.2) is 6.54 Å². The van der Waals surface area contributed by atoms with Crippen LogP contribution in [0.1, 0.15) is 42.2 Å². The number of hydrogen-bond donors (Lipinski definition) is 3. The molecule has 0 saturated carbocycles. The van der Waals surface area contributed by atoms with Crippen molar-refractivity contribution in [2.24, 2.45) is 0 Å². The fraction of sp³-hybridized carbons (Fsp3) is 0.476. The lowest BCUT2D eigenvalue weighted by atomic mass is 10.2. The summed E-state index contributed by atoms with van der Waals surface area (Å²) in [4.78, 5) is 17.0. The molecule has 138 valence electrons. The van der Waals surface area contributed by atoms with E-state index in [0.29, 0.717) is 12.6 Å². The highest BCUT2D eigenvalue weighted by atomic mass is 32.1. The van der Waals surface area contributed by atoms with Crippen LogP contribution < -0.4 is 15.1 Å². The van der Waals surface area contributed by atoms with Gasteiger partial charge < -0.3 is 15.1 Å². The van der Waals surface area contributed by atoms with Crippen molar-refractivity contribution in [3.05, 3.63) is 52.2 Å². The molecule has 0 spiro atoms. The Morgan fingerprint density at radius 2 is 1.88 bits per heavy atom. The van der Waals surface area contributed by atoms with Gasteiger partial charge in [0.1, 0.15) is 12.6 Å². The monoisotopic (exact) mass is 371 g/mol. The van der Waals surface area contributed by atoms with Gasteiger partial charge in [-0.1, -0.05) is 18.2 Å². The molecule has 2 atom stereocenters. The standard InChI is InChI=1S/C21H27N3OS/c25-21(16-24-13-3-5-19(24)20-6-4-14-26-20)22-18-9-7-17(8-10-18)15-23-11-1-2-12-23/h4,6-10,14,19H,1-3,5,11-13,15-16H2,(H,22,25)/p+2/t19-/m1/s1. The lowest BCUT2D eigenvalue weighted by molar-refractivity contribution is -0.910. The molecule has 0 bridgehead atoms. The second-order valence-corrected chi connectivity index (χ2v) is 8.65. The zero-order valence-corrected chi connectivity index (χ0v) is 16.1. The van der Waals surface area contributed by atoms with Crippen molar-refractivity contribution in [2.45, 2.75) is 38.3 Å². The summed E-state index contributed by atoms with van der Waals surface area (Å²) < 4.78 is 0. The van der Waals surface area contributed by atoms with E-state index in [1.807, 2.05) is 11.3 Å². The predicted molar refractivity (Wildman–Crippen MR) is 106 cm³/mol. The third-order valence-electron chi connectivity index (χ3n) is 5.76. The number of quaternary nitrogens is 2. The van der Waals surface area contributed by atoms with Crippen LogP contribution in [0.2, 0.25) is 0 Å². The Morgan fingerprint density at radius 1 is 1.08 bits per heavy atom. The number of carbonyl (C=O) groups excluding carboxylic acids is 1. The number of benzene rings is 1. The van der Waals surface area contributed by atoms with Gasteiger partial charge >= 0.3 is 0 Å². The van der Waals surface area contributed by atoms with Gasteiger partial charge in [0, 0.05) is 36.9 Å². The fourth-order valence-electron chi connectivity index (χ4n) is 4.41. The predicted octanol–water partition coefficient (Wildman–Crippen LogP) is 1.29. The topological polar surface area (TPSA) is 38.0 Å². The van der Waals surface area contributed by atoms with Gasteiger partial charge in [-0.3, -0.25) is 4.79 Å².